The minimum Gasteiger partial charge on any atom is -0.467 e. The molecule has 8 heteroatoms. The molecule has 0 aliphatic heterocycles. The second-order valence-corrected chi connectivity index (χ2v) is 5.22. The van der Waals surface area contributed by atoms with E-state index in [2.05, 4.69) is 9.72 Å². The molecule has 2 aromatic heterocycles. The number of nitrogens with one attached hydrogen (secondary N) is 1. The van der Waals surface area contributed by atoms with Gasteiger partial charge in [-0.25, -0.2) is 0 Å². The van der Waals surface area contributed by atoms with Crippen LogP contribution in [0.3, 0.4) is 0 Å². The van der Waals surface area contributed by atoms with Crippen molar-refractivity contribution < 1.29 is 27.1 Å². The molecule has 0 aliphatic rings. The van der Waals surface area contributed by atoms with Crippen LogP contribution in [0.25, 0.3) is 10.9 Å². The van der Waals surface area contributed by atoms with Crippen molar-refractivity contribution in [3.05, 3.63) is 54.1 Å². The van der Waals surface area contributed by atoms with Crippen LogP contribution in [0, 0.1) is 0 Å². The SMILES string of the molecule is CN(Cc1ccco1)C(=O)c1cc2ccc(OC(F)(F)F)cc2[nH]1. The number of rotatable bonds is 4. The average molecular weight is 338 g/mol. The number of aromatic amines is 1. The van der Waals surface area contributed by atoms with Gasteiger partial charge in [0.2, 0.25) is 0 Å². The van der Waals surface area contributed by atoms with Crippen LogP contribution in [0.2, 0.25) is 0 Å². The smallest absolute Gasteiger partial charge is 0.467 e. The van der Waals surface area contributed by atoms with Gasteiger partial charge in [-0.15, -0.1) is 13.2 Å². The molecule has 3 rings (SSSR count). The van der Waals surface area contributed by atoms with Crippen LogP contribution >= 0.6 is 0 Å². The van der Waals surface area contributed by atoms with Gasteiger partial charge in [0.25, 0.3) is 5.91 Å². The predicted molar refractivity (Wildman–Crippen MR) is 79.5 cm³/mol. The number of benzene rings is 1. The van der Waals surface area contributed by atoms with Crippen molar-refractivity contribution in [2.45, 2.75) is 12.9 Å². The summed E-state index contributed by atoms with van der Waals surface area (Å²) in [6, 6.07) is 8.90. The van der Waals surface area contributed by atoms with E-state index in [4.69, 9.17) is 4.42 Å². The van der Waals surface area contributed by atoms with Crippen molar-refractivity contribution >= 4 is 16.8 Å². The maximum atomic E-state index is 12.4. The maximum Gasteiger partial charge on any atom is 0.573 e. The summed E-state index contributed by atoms with van der Waals surface area (Å²) >= 11 is 0. The summed E-state index contributed by atoms with van der Waals surface area (Å²) in [6.45, 7) is 0.281. The Bertz CT molecular complexity index is 853. The lowest BCUT2D eigenvalue weighted by Crippen LogP contribution is -2.26. The third kappa shape index (κ3) is 3.53. The molecule has 0 unspecified atom stereocenters. The number of ether oxygens (including phenoxy) is 1. The van der Waals surface area contributed by atoms with E-state index in [1.807, 2.05) is 0 Å². The topological polar surface area (TPSA) is 58.5 Å². The number of nitrogens with zero attached hydrogens (tertiary/aromatic N) is 1. The number of fused-ring (bicyclic) bond motifs is 1. The molecule has 2 heterocycles. The normalized spacial score (nSPS) is 11.7. The van der Waals surface area contributed by atoms with Gasteiger partial charge >= 0.3 is 6.36 Å². The highest BCUT2D eigenvalue weighted by molar-refractivity contribution is 5.98. The summed E-state index contributed by atoms with van der Waals surface area (Å²) in [5.74, 6) is -0.0245. The van der Waals surface area contributed by atoms with E-state index >= 15 is 0 Å². The fraction of sp³-hybridized carbons (Fsp3) is 0.188. The van der Waals surface area contributed by atoms with E-state index in [1.165, 1.54) is 29.4 Å². The highest BCUT2D eigenvalue weighted by atomic mass is 19.4. The van der Waals surface area contributed by atoms with Gasteiger partial charge in [0, 0.05) is 24.0 Å². The van der Waals surface area contributed by atoms with Gasteiger partial charge in [-0.1, -0.05) is 0 Å². The highest BCUT2D eigenvalue weighted by Gasteiger charge is 2.31. The zero-order valence-electron chi connectivity index (χ0n) is 12.6. The number of hydrogen-bond acceptors (Lipinski definition) is 3. The standard InChI is InChI=1S/C16H13F3N2O3/c1-21(9-12-3-2-6-23-12)15(22)14-7-10-4-5-11(8-13(10)20-14)24-16(17,18)19/h2-8,20H,9H2,1H3. The quantitative estimate of drug-likeness (QED) is 0.784. The lowest BCUT2D eigenvalue weighted by atomic mass is 10.2. The van der Waals surface area contributed by atoms with Crippen LogP contribution in [-0.4, -0.2) is 29.2 Å². The van der Waals surface area contributed by atoms with E-state index < -0.39 is 6.36 Å². The molecule has 0 radical (unpaired) electrons. The second kappa shape index (κ2) is 5.95. The van der Waals surface area contributed by atoms with Gasteiger partial charge in [0.05, 0.1) is 12.8 Å². The van der Waals surface area contributed by atoms with Gasteiger partial charge in [-0.2, -0.15) is 0 Å². The van der Waals surface area contributed by atoms with Crippen molar-refractivity contribution in [3.8, 4) is 5.75 Å². The lowest BCUT2D eigenvalue weighted by Gasteiger charge is -2.14. The minimum atomic E-state index is -4.76. The summed E-state index contributed by atoms with van der Waals surface area (Å²) in [4.78, 5) is 16.7. The Kier molecular flexibility index (Phi) is 3.96. The number of alkyl halides is 3. The molecule has 1 N–H and O–H groups in total. The van der Waals surface area contributed by atoms with E-state index in [1.54, 1.807) is 25.2 Å². The Morgan fingerprint density at radius 2 is 2.08 bits per heavy atom. The summed E-state index contributed by atoms with van der Waals surface area (Å²) < 4.78 is 45.8. The number of furan rings is 1. The summed E-state index contributed by atoms with van der Waals surface area (Å²) in [5.41, 5.74) is 0.648. The molecular weight excluding hydrogens is 325 g/mol. The minimum absolute atomic E-state index is 0.267. The van der Waals surface area contributed by atoms with Gasteiger partial charge in [-0.3, -0.25) is 4.79 Å². The predicted octanol–water partition coefficient (Wildman–Crippen LogP) is 3.93. The van der Waals surface area contributed by atoms with E-state index in [9.17, 15) is 18.0 Å². The van der Waals surface area contributed by atoms with Crippen LogP contribution in [-0.2, 0) is 6.54 Å². The molecule has 0 atom stereocenters. The van der Waals surface area contributed by atoms with Crippen molar-refractivity contribution in [2.24, 2.45) is 0 Å². The van der Waals surface area contributed by atoms with Gasteiger partial charge in [0.15, 0.2) is 0 Å². The number of H-pyrrole nitrogens is 1. The molecule has 0 bridgehead atoms. The Hall–Kier alpha value is -2.90. The molecular formula is C16H13F3N2O3. The zero-order valence-corrected chi connectivity index (χ0v) is 12.6. The van der Waals surface area contributed by atoms with Crippen LogP contribution in [0.1, 0.15) is 16.2 Å². The highest BCUT2D eigenvalue weighted by Crippen LogP contribution is 2.27. The molecule has 1 amide bonds. The number of carbonyl (C=O) groups is 1. The Morgan fingerprint density at radius 1 is 1.29 bits per heavy atom. The molecule has 24 heavy (non-hydrogen) atoms. The van der Waals surface area contributed by atoms with Gasteiger partial charge in [0.1, 0.15) is 17.2 Å². The Balaban J connectivity index is 1.80. The largest absolute Gasteiger partial charge is 0.573 e. The average Bonchev–Trinajstić information content (AvgIpc) is 3.13. The number of aromatic nitrogens is 1. The summed E-state index contributed by atoms with van der Waals surface area (Å²) in [6.07, 6.45) is -3.25. The van der Waals surface area contributed by atoms with E-state index in [0.29, 0.717) is 16.7 Å². The van der Waals surface area contributed by atoms with Gasteiger partial charge in [-0.05, 0) is 30.3 Å². The maximum absolute atomic E-state index is 12.4. The molecule has 0 saturated heterocycles. The molecule has 0 spiro atoms. The molecule has 0 fully saturated rings. The number of amides is 1. The zero-order chi connectivity index (χ0) is 17.3. The fourth-order valence-electron chi connectivity index (χ4n) is 2.33. The van der Waals surface area contributed by atoms with Crippen LogP contribution < -0.4 is 4.74 Å². The molecule has 0 saturated carbocycles. The molecule has 0 aliphatic carbocycles. The van der Waals surface area contributed by atoms with Gasteiger partial charge < -0.3 is 19.0 Å². The van der Waals surface area contributed by atoms with Crippen molar-refractivity contribution in [1.82, 2.24) is 9.88 Å². The Morgan fingerprint density at radius 3 is 2.75 bits per heavy atom. The molecule has 5 nitrogen and oxygen atoms in total. The monoisotopic (exact) mass is 338 g/mol. The fourth-order valence-corrected chi connectivity index (χ4v) is 2.33. The third-order valence-electron chi connectivity index (χ3n) is 3.38. The Labute approximate surface area is 134 Å². The number of carbonyl (C=O) groups excluding carboxylic acids is 1. The van der Waals surface area contributed by atoms with Crippen LogP contribution in [0.15, 0.2) is 47.1 Å². The first kappa shape index (κ1) is 16.0. The molecule has 3 aromatic rings. The number of halogens is 3. The van der Waals surface area contributed by atoms with Crippen molar-refractivity contribution in [3.63, 3.8) is 0 Å². The third-order valence-corrected chi connectivity index (χ3v) is 3.38. The molecule has 1 aromatic carbocycles. The van der Waals surface area contributed by atoms with Crippen LogP contribution in [0.4, 0.5) is 13.2 Å². The first-order chi connectivity index (χ1) is 11.3. The first-order valence-electron chi connectivity index (χ1n) is 6.98. The van der Waals surface area contributed by atoms with E-state index in [-0.39, 0.29) is 23.9 Å². The number of hydrogen-bond donors (Lipinski definition) is 1. The van der Waals surface area contributed by atoms with E-state index in [0.717, 1.165) is 0 Å². The summed E-state index contributed by atoms with van der Waals surface area (Å²) in [5, 5.41) is 0.610. The lowest BCUT2D eigenvalue weighted by molar-refractivity contribution is -0.274. The summed E-state index contributed by atoms with van der Waals surface area (Å²) in [7, 11) is 1.61. The van der Waals surface area contributed by atoms with Crippen molar-refractivity contribution in [1.29, 1.82) is 0 Å². The molecule has 126 valence electrons. The first-order valence-corrected chi connectivity index (χ1v) is 6.98. The van der Waals surface area contributed by atoms with Crippen LogP contribution in [0.5, 0.6) is 5.75 Å². The second-order valence-electron chi connectivity index (χ2n) is 5.22. The van der Waals surface area contributed by atoms with Crippen molar-refractivity contribution in [2.75, 3.05) is 7.05 Å².